The molecule has 3 rings (SSSR count). The zero-order valence-electron chi connectivity index (χ0n) is 13.2. The first-order valence-corrected chi connectivity index (χ1v) is 10.1. The highest BCUT2D eigenvalue weighted by atomic mass is 32.2. The summed E-state index contributed by atoms with van der Waals surface area (Å²) in [4.78, 5) is 8.81. The molecule has 24 heavy (non-hydrogen) atoms. The summed E-state index contributed by atoms with van der Waals surface area (Å²) in [6.07, 6.45) is 4.54. The highest BCUT2D eigenvalue weighted by Crippen LogP contribution is 2.28. The third kappa shape index (κ3) is 3.61. The van der Waals surface area contributed by atoms with Crippen molar-refractivity contribution in [2.24, 2.45) is 5.14 Å². The minimum atomic E-state index is -3.73. The number of hydrogen-bond acceptors (Lipinski definition) is 5. The molecule has 0 atom stereocenters. The van der Waals surface area contributed by atoms with E-state index in [4.69, 9.17) is 5.14 Å². The third-order valence-electron chi connectivity index (χ3n) is 3.55. The maximum Gasteiger partial charge on any atom is 0.238 e. The second-order valence-electron chi connectivity index (χ2n) is 5.39. The standard InChI is InChI=1S/C16H18N4O2S2/c1-2-8-20-15-6-5-13(24(17,21)22)9-14(15)19-16(20)23-11-12-4-3-7-18-10-12/h3-7,9-10H,2,8,11H2,1H3,(H2,17,21,22). The van der Waals surface area contributed by atoms with Crippen molar-refractivity contribution >= 4 is 32.8 Å². The van der Waals surface area contributed by atoms with Crippen LogP contribution in [0, 0.1) is 0 Å². The number of imidazole rings is 1. The van der Waals surface area contributed by atoms with Gasteiger partial charge in [0.1, 0.15) is 0 Å². The van der Waals surface area contributed by atoms with Gasteiger partial charge in [0.15, 0.2) is 5.16 Å². The van der Waals surface area contributed by atoms with Crippen LogP contribution in [0.3, 0.4) is 0 Å². The molecule has 2 heterocycles. The van der Waals surface area contributed by atoms with Gasteiger partial charge in [-0.05, 0) is 36.2 Å². The molecule has 0 aliphatic carbocycles. The van der Waals surface area contributed by atoms with Gasteiger partial charge in [0, 0.05) is 24.7 Å². The van der Waals surface area contributed by atoms with Crippen molar-refractivity contribution in [3.8, 4) is 0 Å². The molecular weight excluding hydrogens is 344 g/mol. The van der Waals surface area contributed by atoms with Crippen LogP contribution in [0.1, 0.15) is 18.9 Å². The van der Waals surface area contributed by atoms with Crippen LogP contribution in [0.25, 0.3) is 11.0 Å². The maximum absolute atomic E-state index is 11.5. The van der Waals surface area contributed by atoms with E-state index in [2.05, 4.69) is 21.5 Å². The number of aryl methyl sites for hydroxylation is 1. The van der Waals surface area contributed by atoms with Gasteiger partial charge in [-0.1, -0.05) is 24.8 Å². The van der Waals surface area contributed by atoms with Crippen molar-refractivity contribution in [1.82, 2.24) is 14.5 Å². The first-order chi connectivity index (χ1) is 11.5. The summed E-state index contributed by atoms with van der Waals surface area (Å²) in [6.45, 7) is 2.92. The van der Waals surface area contributed by atoms with E-state index in [1.807, 2.05) is 18.3 Å². The summed E-state index contributed by atoms with van der Waals surface area (Å²) in [6, 6.07) is 8.76. The summed E-state index contributed by atoms with van der Waals surface area (Å²) < 4.78 is 25.2. The van der Waals surface area contributed by atoms with E-state index >= 15 is 0 Å². The van der Waals surface area contributed by atoms with Gasteiger partial charge < -0.3 is 4.57 Å². The van der Waals surface area contributed by atoms with E-state index in [0.717, 1.165) is 35.0 Å². The molecule has 1 aromatic carbocycles. The summed E-state index contributed by atoms with van der Waals surface area (Å²) in [5.41, 5.74) is 2.67. The molecule has 0 spiro atoms. The zero-order chi connectivity index (χ0) is 17.2. The Labute approximate surface area is 145 Å². The number of pyridine rings is 1. The smallest absolute Gasteiger partial charge is 0.238 e. The van der Waals surface area contributed by atoms with Gasteiger partial charge in [0.2, 0.25) is 10.0 Å². The monoisotopic (exact) mass is 362 g/mol. The molecule has 0 aliphatic heterocycles. The van der Waals surface area contributed by atoms with Crippen LogP contribution in [-0.2, 0) is 22.3 Å². The van der Waals surface area contributed by atoms with Gasteiger partial charge in [-0.3, -0.25) is 4.98 Å². The molecule has 0 aliphatic rings. The van der Waals surface area contributed by atoms with E-state index in [1.54, 1.807) is 24.0 Å². The van der Waals surface area contributed by atoms with Crippen LogP contribution in [0.2, 0.25) is 0 Å². The maximum atomic E-state index is 11.5. The number of thioether (sulfide) groups is 1. The molecule has 0 fully saturated rings. The van der Waals surface area contributed by atoms with Gasteiger partial charge in [-0.2, -0.15) is 0 Å². The van der Waals surface area contributed by atoms with Crippen LogP contribution in [0.4, 0.5) is 0 Å². The fraction of sp³-hybridized carbons (Fsp3) is 0.250. The van der Waals surface area contributed by atoms with E-state index in [0.29, 0.717) is 5.52 Å². The van der Waals surface area contributed by atoms with Crippen LogP contribution >= 0.6 is 11.8 Å². The molecule has 8 heteroatoms. The second kappa shape index (κ2) is 6.92. The number of rotatable bonds is 6. The summed E-state index contributed by atoms with van der Waals surface area (Å²) in [5, 5.41) is 6.07. The fourth-order valence-corrected chi connectivity index (χ4v) is 3.95. The molecule has 3 aromatic rings. The number of nitrogens with two attached hydrogens (primary N) is 1. The van der Waals surface area contributed by atoms with E-state index in [-0.39, 0.29) is 4.90 Å². The van der Waals surface area contributed by atoms with Crippen LogP contribution in [0.15, 0.2) is 52.8 Å². The summed E-state index contributed by atoms with van der Waals surface area (Å²) in [5.74, 6) is 0.753. The van der Waals surface area contributed by atoms with Gasteiger partial charge in [0.05, 0.1) is 15.9 Å². The lowest BCUT2D eigenvalue weighted by atomic mass is 10.3. The van der Waals surface area contributed by atoms with Crippen molar-refractivity contribution < 1.29 is 8.42 Å². The Morgan fingerprint density at radius 1 is 1.29 bits per heavy atom. The number of hydrogen-bond donors (Lipinski definition) is 1. The lowest BCUT2D eigenvalue weighted by Gasteiger charge is -2.07. The van der Waals surface area contributed by atoms with Crippen LogP contribution in [-0.4, -0.2) is 23.0 Å². The van der Waals surface area contributed by atoms with Crippen LogP contribution in [0.5, 0.6) is 0 Å². The number of nitrogens with zero attached hydrogens (tertiary/aromatic N) is 3. The SMILES string of the molecule is CCCn1c(SCc2cccnc2)nc2cc(S(N)(=O)=O)ccc21. The Kier molecular flexibility index (Phi) is 4.88. The van der Waals surface area contributed by atoms with Gasteiger partial charge in [-0.15, -0.1) is 0 Å². The largest absolute Gasteiger partial charge is 0.319 e. The molecule has 2 aromatic heterocycles. The topological polar surface area (TPSA) is 90.9 Å². The van der Waals surface area contributed by atoms with E-state index in [1.165, 1.54) is 12.1 Å². The highest BCUT2D eigenvalue weighted by Gasteiger charge is 2.15. The summed E-state index contributed by atoms with van der Waals surface area (Å²) in [7, 11) is -3.73. The molecule has 0 saturated carbocycles. The molecule has 0 saturated heterocycles. The average Bonchev–Trinajstić information content (AvgIpc) is 2.91. The molecule has 2 N–H and O–H groups in total. The van der Waals surface area contributed by atoms with Crippen molar-refractivity contribution in [2.75, 3.05) is 0 Å². The number of benzene rings is 1. The second-order valence-corrected chi connectivity index (χ2v) is 7.90. The Balaban J connectivity index is 1.98. The van der Waals surface area contributed by atoms with Gasteiger partial charge >= 0.3 is 0 Å². The number of fused-ring (bicyclic) bond motifs is 1. The van der Waals surface area contributed by atoms with E-state index < -0.39 is 10.0 Å². The van der Waals surface area contributed by atoms with E-state index in [9.17, 15) is 8.42 Å². The van der Waals surface area contributed by atoms with Gasteiger partial charge in [0.25, 0.3) is 0 Å². The van der Waals surface area contributed by atoms with Crippen molar-refractivity contribution in [3.05, 3.63) is 48.3 Å². The molecule has 0 amide bonds. The number of primary sulfonamides is 1. The minimum absolute atomic E-state index is 0.0833. The number of sulfonamides is 1. The van der Waals surface area contributed by atoms with Crippen LogP contribution < -0.4 is 5.14 Å². The van der Waals surface area contributed by atoms with Gasteiger partial charge in [-0.25, -0.2) is 18.5 Å². The minimum Gasteiger partial charge on any atom is -0.319 e. The third-order valence-corrected chi connectivity index (χ3v) is 5.51. The Hall–Kier alpha value is -1.90. The normalized spacial score (nSPS) is 11.9. The van der Waals surface area contributed by atoms with Crippen molar-refractivity contribution in [3.63, 3.8) is 0 Å². The predicted molar refractivity (Wildman–Crippen MR) is 95.2 cm³/mol. The quantitative estimate of drug-likeness (QED) is 0.681. The molecule has 0 radical (unpaired) electrons. The lowest BCUT2D eigenvalue weighted by Crippen LogP contribution is -2.11. The molecular formula is C16H18N4O2S2. The first-order valence-electron chi connectivity index (χ1n) is 7.54. The highest BCUT2D eigenvalue weighted by molar-refractivity contribution is 7.98. The Morgan fingerprint density at radius 2 is 2.12 bits per heavy atom. The summed E-state index contributed by atoms with van der Waals surface area (Å²) >= 11 is 1.61. The number of aromatic nitrogens is 3. The van der Waals surface area contributed by atoms with Crippen molar-refractivity contribution in [2.45, 2.75) is 35.7 Å². The molecule has 0 unspecified atom stereocenters. The fourth-order valence-electron chi connectivity index (χ4n) is 2.45. The zero-order valence-corrected chi connectivity index (χ0v) is 14.8. The molecule has 126 valence electrons. The molecule has 0 bridgehead atoms. The average molecular weight is 362 g/mol. The lowest BCUT2D eigenvalue weighted by molar-refractivity contribution is 0.598. The first kappa shape index (κ1) is 16.9. The Morgan fingerprint density at radius 3 is 2.79 bits per heavy atom. The molecule has 6 nitrogen and oxygen atoms in total. The predicted octanol–water partition coefficient (Wildman–Crippen LogP) is 2.78. The Bertz CT molecular complexity index is 953. The van der Waals surface area contributed by atoms with Crippen molar-refractivity contribution in [1.29, 1.82) is 0 Å².